The molecule has 0 saturated heterocycles. The van der Waals surface area contributed by atoms with E-state index in [2.05, 4.69) is 5.43 Å². The first-order chi connectivity index (χ1) is 6.59. The molecule has 4 nitrogen and oxygen atoms in total. The zero-order valence-electron chi connectivity index (χ0n) is 8.32. The second-order valence-electron chi connectivity index (χ2n) is 3.23. The molecular weight excluding hydrogens is 180 g/mol. The molecule has 0 spiro atoms. The smallest absolute Gasteiger partial charge is 0.238 e. The summed E-state index contributed by atoms with van der Waals surface area (Å²) in [5.41, 5.74) is 3.23. The summed E-state index contributed by atoms with van der Waals surface area (Å²) in [4.78, 5) is 11.3. The molecule has 1 amide bonds. The lowest BCUT2D eigenvalue weighted by atomic mass is 10.1. The first kappa shape index (κ1) is 10.5. The van der Waals surface area contributed by atoms with Crippen LogP contribution in [-0.4, -0.2) is 30.1 Å². The van der Waals surface area contributed by atoms with Crippen LogP contribution in [0.15, 0.2) is 24.3 Å². The number of para-hydroxylation sites is 1. The Bertz CT molecular complexity index is 324. The number of hydrazine groups is 1. The molecule has 1 rings (SSSR count). The fraction of sp³-hybridized carbons (Fsp3) is 0.300. The molecular formula is C10H14N2O2. The first-order valence-electron chi connectivity index (χ1n) is 4.33. The summed E-state index contributed by atoms with van der Waals surface area (Å²) in [6.45, 7) is 0. The van der Waals surface area contributed by atoms with Crippen LogP contribution >= 0.6 is 0 Å². The van der Waals surface area contributed by atoms with Crippen LogP contribution in [0.5, 0.6) is 5.75 Å². The number of aromatic hydroxyl groups is 1. The lowest BCUT2D eigenvalue weighted by Gasteiger charge is -2.11. The number of amides is 1. The summed E-state index contributed by atoms with van der Waals surface area (Å²) < 4.78 is 0. The number of phenolic OH excluding ortho intramolecular Hbond substituents is 1. The topological polar surface area (TPSA) is 52.6 Å². The number of hydrogen-bond donors (Lipinski definition) is 2. The van der Waals surface area contributed by atoms with Crippen LogP contribution in [0, 0.1) is 0 Å². The van der Waals surface area contributed by atoms with Crippen molar-refractivity contribution < 1.29 is 9.90 Å². The van der Waals surface area contributed by atoms with Gasteiger partial charge in [-0.1, -0.05) is 18.2 Å². The van der Waals surface area contributed by atoms with Crippen molar-refractivity contribution in [2.75, 3.05) is 14.1 Å². The van der Waals surface area contributed by atoms with Crippen molar-refractivity contribution in [2.45, 2.75) is 6.42 Å². The zero-order valence-corrected chi connectivity index (χ0v) is 8.32. The van der Waals surface area contributed by atoms with E-state index >= 15 is 0 Å². The highest BCUT2D eigenvalue weighted by Gasteiger charge is 2.06. The highest BCUT2D eigenvalue weighted by molar-refractivity contribution is 5.78. The molecule has 0 aliphatic rings. The quantitative estimate of drug-likeness (QED) is 0.690. The van der Waals surface area contributed by atoms with E-state index in [1.807, 2.05) is 0 Å². The molecule has 0 radical (unpaired) electrons. The summed E-state index contributed by atoms with van der Waals surface area (Å²) >= 11 is 0. The SMILES string of the molecule is CN(C)NC(=O)Cc1ccccc1O. The van der Waals surface area contributed by atoms with Crippen molar-refractivity contribution in [1.29, 1.82) is 0 Å². The highest BCUT2D eigenvalue weighted by Crippen LogP contribution is 2.15. The van der Waals surface area contributed by atoms with Gasteiger partial charge in [-0.25, -0.2) is 5.01 Å². The average Bonchev–Trinajstić information content (AvgIpc) is 2.07. The maximum atomic E-state index is 11.3. The predicted octanol–water partition coefficient (Wildman–Crippen LogP) is 0.527. The lowest BCUT2D eigenvalue weighted by Crippen LogP contribution is -2.37. The summed E-state index contributed by atoms with van der Waals surface area (Å²) in [5, 5.41) is 11.0. The number of hydrogen-bond acceptors (Lipinski definition) is 3. The van der Waals surface area contributed by atoms with Gasteiger partial charge in [0.25, 0.3) is 0 Å². The van der Waals surface area contributed by atoms with Crippen LogP contribution in [0.1, 0.15) is 5.56 Å². The summed E-state index contributed by atoms with van der Waals surface area (Å²) in [7, 11) is 3.48. The van der Waals surface area contributed by atoms with Gasteiger partial charge < -0.3 is 5.11 Å². The number of rotatable bonds is 3. The number of carbonyl (C=O) groups is 1. The molecule has 0 aromatic heterocycles. The third kappa shape index (κ3) is 3.06. The van der Waals surface area contributed by atoms with E-state index in [1.165, 1.54) is 0 Å². The van der Waals surface area contributed by atoms with Crippen LogP contribution in [0.25, 0.3) is 0 Å². The standard InChI is InChI=1S/C10H14N2O2/c1-12(2)11-10(14)7-8-5-3-4-6-9(8)13/h3-6,13H,7H2,1-2H3,(H,11,14). The third-order valence-corrected chi connectivity index (χ3v) is 1.69. The minimum Gasteiger partial charge on any atom is -0.508 e. The van der Waals surface area contributed by atoms with E-state index in [-0.39, 0.29) is 18.1 Å². The molecule has 0 saturated carbocycles. The summed E-state index contributed by atoms with van der Waals surface area (Å²) in [6, 6.07) is 6.81. The fourth-order valence-electron chi connectivity index (χ4n) is 1.12. The monoisotopic (exact) mass is 194 g/mol. The predicted molar refractivity (Wildman–Crippen MR) is 53.6 cm³/mol. The molecule has 1 aromatic rings. The van der Waals surface area contributed by atoms with Gasteiger partial charge in [-0.2, -0.15) is 0 Å². The zero-order chi connectivity index (χ0) is 10.6. The first-order valence-corrected chi connectivity index (χ1v) is 4.33. The minimum atomic E-state index is -0.142. The molecule has 1 aromatic carbocycles. The van der Waals surface area contributed by atoms with Gasteiger partial charge in [0.05, 0.1) is 6.42 Å². The molecule has 0 unspecified atom stereocenters. The Kier molecular flexibility index (Phi) is 3.48. The van der Waals surface area contributed by atoms with Crippen LogP contribution in [0.3, 0.4) is 0 Å². The number of nitrogens with zero attached hydrogens (tertiary/aromatic N) is 1. The second kappa shape index (κ2) is 4.62. The van der Waals surface area contributed by atoms with E-state index < -0.39 is 0 Å². The maximum absolute atomic E-state index is 11.3. The van der Waals surface area contributed by atoms with E-state index in [0.717, 1.165) is 0 Å². The van der Waals surface area contributed by atoms with Crippen molar-refractivity contribution in [3.05, 3.63) is 29.8 Å². The van der Waals surface area contributed by atoms with Gasteiger partial charge in [-0.05, 0) is 6.07 Å². The van der Waals surface area contributed by atoms with Crippen molar-refractivity contribution in [3.8, 4) is 5.75 Å². The van der Waals surface area contributed by atoms with Crippen LogP contribution in [0.2, 0.25) is 0 Å². The Morgan fingerprint density at radius 3 is 2.64 bits per heavy atom. The Hall–Kier alpha value is -1.55. The summed E-state index contributed by atoms with van der Waals surface area (Å²) in [5.74, 6) is 0.0120. The Balaban J connectivity index is 2.61. The van der Waals surface area contributed by atoms with Crippen molar-refractivity contribution in [2.24, 2.45) is 0 Å². The fourth-order valence-corrected chi connectivity index (χ4v) is 1.12. The van der Waals surface area contributed by atoms with Crippen molar-refractivity contribution in [1.82, 2.24) is 10.4 Å². The molecule has 2 N–H and O–H groups in total. The Morgan fingerprint density at radius 2 is 2.07 bits per heavy atom. The van der Waals surface area contributed by atoms with Gasteiger partial charge in [0.1, 0.15) is 5.75 Å². The molecule has 0 aliphatic heterocycles. The van der Waals surface area contributed by atoms with Gasteiger partial charge in [0.15, 0.2) is 0 Å². The average molecular weight is 194 g/mol. The number of carbonyl (C=O) groups excluding carboxylic acids is 1. The number of benzene rings is 1. The normalized spacial score (nSPS) is 10.2. The van der Waals surface area contributed by atoms with Gasteiger partial charge in [-0.15, -0.1) is 0 Å². The van der Waals surface area contributed by atoms with Gasteiger partial charge in [-0.3, -0.25) is 10.2 Å². The van der Waals surface area contributed by atoms with Gasteiger partial charge in [0, 0.05) is 19.7 Å². The van der Waals surface area contributed by atoms with E-state index in [1.54, 1.807) is 43.4 Å². The molecule has 76 valence electrons. The van der Waals surface area contributed by atoms with E-state index in [0.29, 0.717) is 5.56 Å². The molecule has 4 heteroatoms. The molecule has 0 aliphatic carbocycles. The number of phenols is 1. The van der Waals surface area contributed by atoms with E-state index in [9.17, 15) is 9.90 Å². The molecule has 0 atom stereocenters. The van der Waals surface area contributed by atoms with Crippen LogP contribution in [0.4, 0.5) is 0 Å². The number of nitrogens with one attached hydrogen (secondary N) is 1. The summed E-state index contributed by atoms with van der Waals surface area (Å²) in [6.07, 6.45) is 0.185. The third-order valence-electron chi connectivity index (χ3n) is 1.69. The lowest BCUT2D eigenvalue weighted by molar-refractivity contribution is -0.124. The van der Waals surface area contributed by atoms with Gasteiger partial charge >= 0.3 is 0 Å². The van der Waals surface area contributed by atoms with Crippen LogP contribution in [-0.2, 0) is 11.2 Å². The van der Waals surface area contributed by atoms with Gasteiger partial charge in [0.2, 0.25) is 5.91 Å². The molecule has 0 bridgehead atoms. The minimum absolute atomic E-state index is 0.142. The molecule has 14 heavy (non-hydrogen) atoms. The Labute approximate surface area is 83.1 Å². The largest absolute Gasteiger partial charge is 0.508 e. The molecule has 0 heterocycles. The van der Waals surface area contributed by atoms with Crippen molar-refractivity contribution >= 4 is 5.91 Å². The van der Waals surface area contributed by atoms with E-state index in [4.69, 9.17) is 0 Å². The second-order valence-corrected chi connectivity index (χ2v) is 3.23. The maximum Gasteiger partial charge on any atom is 0.238 e. The van der Waals surface area contributed by atoms with Crippen LogP contribution < -0.4 is 5.43 Å². The molecule has 0 fully saturated rings. The van der Waals surface area contributed by atoms with Crippen molar-refractivity contribution in [3.63, 3.8) is 0 Å². The highest BCUT2D eigenvalue weighted by atomic mass is 16.3. The Morgan fingerprint density at radius 1 is 1.43 bits per heavy atom.